The average molecular weight is 373 g/mol. The predicted molar refractivity (Wildman–Crippen MR) is 109 cm³/mol. The number of nitrogens with one attached hydrogen (secondary N) is 1. The molecule has 0 saturated heterocycles. The molecule has 5 rings (SSSR count). The normalized spacial score (nSPS) is 13.3. The SMILES string of the molecule is O=C(Cc1coc2cc3c(cc12)CCC3)NCCCn1cnc2ccccc21. The van der Waals surface area contributed by atoms with Crippen molar-refractivity contribution < 1.29 is 9.21 Å². The van der Waals surface area contributed by atoms with Gasteiger partial charge in [0.1, 0.15) is 5.58 Å². The summed E-state index contributed by atoms with van der Waals surface area (Å²) in [7, 11) is 0. The van der Waals surface area contributed by atoms with Crippen LogP contribution in [0.15, 0.2) is 53.4 Å². The van der Waals surface area contributed by atoms with Gasteiger partial charge in [-0.25, -0.2) is 4.98 Å². The standard InChI is InChI=1S/C23H23N3O2/c27-23(24-9-4-10-26-15-25-20-7-1-2-8-21(20)26)13-18-14-28-22-12-17-6-3-5-16(17)11-19(18)22/h1-2,7-8,11-12,14-15H,3-6,9-10,13H2,(H,24,27). The topological polar surface area (TPSA) is 60.1 Å². The highest BCUT2D eigenvalue weighted by atomic mass is 16.3. The van der Waals surface area contributed by atoms with Crippen molar-refractivity contribution in [1.29, 1.82) is 0 Å². The molecule has 0 saturated carbocycles. The van der Waals surface area contributed by atoms with Crippen LogP contribution < -0.4 is 5.32 Å². The van der Waals surface area contributed by atoms with Gasteiger partial charge < -0.3 is 14.3 Å². The predicted octanol–water partition coefficient (Wildman–Crippen LogP) is 4.02. The van der Waals surface area contributed by atoms with Crippen LogP contribution in [0.2, 0.25) is 0 Å². The lowest BCUT2D eigenvalue weighted by Crippen LogP contribution is -2.26. The molecule has 0 spiro atoms. The number of nitrogens with zero attached hydrogens (tertiary/aromatic N) is 2. The van der Waals surface area contributed by atoms with E-state index in [0.29, 0.717) is 13.0 Å². The zero-order chi connectivity index (χ0) is 18.9. The van der Waals surface area contributed by atoms with Crippen molar-refractivity contribution >= 4 is 27.9 Å². The van der Waals surface area contributed by atoms with E-state index in [9.17, 15) is 4.79 Å². The van der Waals surface area contributed by atoms with E-state index in [1.807, 2.05) is 24.5 Å². The second kappa shape index (κ2) is 7.15. The van der Waals surface area contributed by atoms with Gasteiger partial charge in [0, 0.05) is 24.0 Å². The maximum absolute atomic E-state index is 12.4. The van der Waals surface area contributed by atoms with Crippen LogP contribution in [0.25, 0.3) is 22.0 Å². The number of carbonyl (C=O) groups excluding carboxylic acids is 1. The molecule has 0 atom stereocenters. The third kappa shape index (κ3) is 3.17. The van der Waals surface area contributed by atoms with Crippen LogP contribution in [-0.4, -0.2) is 22.0 Å². The van der Waals surface area contributed by atoms with Crippen LogP contribution >= 0.6 is 0 Å². The highest BCUT2D eigenvalue weighted by molar-refractivity contribution is 5.88. The zero-order valence-corrected chi connectivity index (χ0v) is 15.8. The fraction of sp³-hybridized carbons (Fsp3) is 0.304. The molecule has 2 aromatic carbocycles. The van der Waals surface area contributed by atoms with Gasteiger partial charge in [0.25, 0.3) is 0 Å². The van der Waals surface area contributed by atoms with Crippen molar-refractivity contribution in [3.63, 3.8) is 0 Å². The molecule has 2 heterocycles. The summed E-state index contributed by atoms with van der Waals surface area (Å²) in [5.74, 6) is 0.0405. The summed E-state index contributed by atoms with van der Waals surface area (Å²) in [6.07, 6.45) is 8.30. The van der Waals surface area contributed by atoms with E-state index < -0.39 is 0 Å². The Morgan fingerprint density at radius 1 is 1.18 bits per heavy atom. The molecule has 5 nitrogen and oxygen atoms in total. The van der Waals surface area contributed by atoms with Crippen molar-refractivity contribution in [3.8, 4) is 0 Å². The number of imidazole rings is 1. The Bertz CT molecular complexity index is 1160. The van der Waals surface area contributed by atoms with Crippen molar-refractivity contribution in [1.82, 2.24) is 14.9 Å². The summed E-state index contributed by atoms with van der Waals surface area (Å²) in [6, 6.07) is 12.5. The summed E-state index contributed by atoms with van der Waals surface area (Å²) in [4.78, 5) is 16.8. The van der Waals surface area contributed by atoms with E-state index in [1.165, 1.54) is 17.5 Å². The van der Waals surface area contributed by atoms with E-state index >= 15 is 0 Å². The maximum atomic E-state index is 12.4. The highest BCUT2D eigenvalue weighted by Gasteiger charge is 2.16. The van der Waals surface area contributed by atoms with Crippen molar-refractivity contribution in [2.45, 2.75) is 38.6 Å². The Balaban J connectivity index is 1.17. The largest absolute Gasteiger partial charge is 0.464 e. The van der Waals surface area contributed by atoms with E-state index in [4.69, 9.17) is 4.42 Å². The van der Waals surface area contributed by atoms with Crippen molar-refractivity contribution in [2.75, 3.05) is 6.54 Å². The van der Waals surface area contributed by atoms with Gasteiger partial charge >= 0.3 is 0 Å². The molecule has 4 aromatic rings. The Hall–Kier alpha value is -3.08. The van der Waals surface area contributed by atoms with Crippen LogP contribution in [0.1, 0.15) is 29.5 Å². The molecule has 5 heteroatoms. The molecule has 2 aromatic heterocycles. The number of fused-ring (bicyclic) bond motifs is 3. The lowest BCUT2D eigenvalue weighted by Gasteiger charge is -2.07. The minimum atomic E-state index is 0.0405. The number of para-hydroxylation sites is 2. The lowest BCUT2D eigenvalue weighted by atomic mass is 10.0. The molecule has 142 valence electrons. The third-order valence-electron chi connectivity index (χ3n) is 5.64. The molecule has 0 aliphatic heterocycles. The van der Waals surface area contributed by atoms with Gasteiger partial charge in [0.05, 0.1) is 30.0 Å². The van der Waals surface area contributed by atoms with Crippen LogP contribution in [0.3, 0.4) is 0 Å². The number of carbonyl (C=O) groups is 1. The number of furan rings is 1. The Morgan fingerprint density at radius 3 is 2.96 bits per heavy atom. The van der Waals surface area contributed by atoms with E-state index in [0.717, 1.165) is 53.4 Å². The molecule has 0 bridgehead atoms. The minimum absolute atomic E-state index is 0.0405. The second-order valence-electron chi connectivity index (χ2n) is 7.54. The van der Waals surface area contributed by atoms with E-state index in [2.05, 4.69) is 33.1 Å². The second-order valence-corrected chi connectivity index (χ2v) is 7.54. The fourth-order valence-electron chi connectivity index (χ4n) is 4.19. The van der Waals surface area contributed by atoms with Gasteiger partial charge in [-0.15, -0.1) is 0 Å². The monoisotopic (exact) mass is 373 g/mol. The molecule has 1 amide bonds. The zero-order valence-electron chi connectivity index (χ0n) is 15.8. The molecular formula is C23H23N3O2. The Kier molecular flexibility index (Phi) is 4.35. The van der Waals surface area contributed by atoms with Gasteiger partial charge in [-0.1, -0.05) is 12.1 Å². The number of aryl methyl sites for hydroxylation is 3. The van der Waals surface area contributed by atoms with Crippen LogP contribution in [0.4, 0.5) is 0 Å². The lowest BCUT2D eigenvalue weighted by molar-refractivity contribution is -0.120. The molecule has 1 aliphatic rings. The summed E-state index contributed by atoms with van der Waals surface area (Å²) in [6.45, 7) is 1.48. The molecule has 1 N–H and O–H groups in total. The number of benzene rings is 2. The Morgan fingerprint density at radius 2 is 2.04 bits per heavy atom. The van der Waals surface area contributed by atoms with Gasteiger partial charge in [-0.2, -0.15) is 0 Å². The first kappa shape index (κ1) is 17.0. The summed E-state index contributed by atoms with van der Waals surface area (Å²) < 4.78 is 7.83. The smallest absolute Gasteiger partial charge is 0.224 e. The fourth-order valence-corrected chi connectivity index (χ4v) is 4.19. The number of amides is 1. The highest BCUT2D eigenvalue weighted by Crippen LogP contribution is 2.30. The number of rotatable bonds is 6. The van der Waals surface area contributed by atoms with E-state index in [1.54, 1.807) is 6.26 Å². The molecule has 28 heavy (non-hydrogen) atoms. The molecule has 0 fully saturated rings. The minimum Gasteiger partial charge on any atom is -0.464 e. The van der Waals surface area contributed by atoms with Crippen LogP contribution in [-0.2, 0) is 30.6 Å². The van der Waals surface area contributed by atoms with Gasteiger partial charge in [-0.3, -0.25) is 4.79 Å². The van der Waals surface area contributed by atoms with Gasteiger partial charge in [0.15, 0.2) is 0 Å². The first-order valence-corrected chi connectivity index (χ1v) is 9.96. The average Bonchev–Trinajstić information content (AvgIpc) is 3.42. The van der Waals surface area contributed by atoms with E-state index in [-0.39, 0.29) is 5.91 Å². The quantitative estimate of drug-likeness (QED) is 0.519. The number of aromatic nitrogens is 2. The van der Waals surface area contributed by atoms with Crippen LogP contribution in [0.5, 0.6) is 0 Å². The van der Waals surface area contributed by atoms with Crippen LogP contribution in [0, 0.1) is 0 Å². The number of hydrogen-bond donors (Lipinski definition) is 1. The first-order valence-electron chi connectivity index (χ1n) is 9.96. The van der Waals surface area contributed by atoms with Gasteiger partial charge in [0.2, 0.25) is 5.91 Å². The third-order valence-corrected chi connectivity index (χ3v) is 5.64. The van der Waals surface area contributed by atoms with Crippen molar-refractivity contribution in [2.24, 2.45) is 0 Å². The molecule has 0 radical (unpaired) electrons. The first-order chi connectivity index (χ1) is 13.8. The molecular weight excluding hydrogens is 350 g/mol. The Labute approximate surface area is 163 Å². The maximum Gasteiger partial charge on any atom is 0.224 e. The summed E-state index contributed by atoms with van der Waals surface area (Å²) in [5, 5.41) is 4.12. The molecule has 0 unspecified atom stereocenters. The van der Waals surface area contributed by atoms with Crippen molar-refractivity contribution in [3.05, 3.63) is 65.7 Å². The summed E-state index contributed by atoms with van der Waals surface area (Å²) in [5.41, 5.74) is 6.81. The van der Waals surface area contributed by atoms with Gasteiger partial charge in [-0.05, 0) is 61.1 Å². The summed E-state index contributed by atoms with van der Waals surface area (Å²) >= 11 is 0. The number of hydrogen-bond acceptors (Lipinski definition) is 3. The molecule has 1 aliphatic carbocycles.